The average Bonchev–Trinajstić information content (AvgIpc) is 3.03. The van der Waals surface area contributed by atoms with Crippen LogP contribution in [-0.4, -0.2) is 36.0 Å². The Balaban J connectivity index is -0.000000641. The van der Waals surface area contributed by atoms with Gasteiger partial charge in [0.25, 0.3) is 5.91 Å². The van der Waals surface area contributed by atoms with Crippen LogP contribution in [-0.2, 0) is 19.1 Å². The highest BCUT2D eigenvalue weighted by molar-refractivity contribution is 6.29. The fourth-order valence-electron chi connectivity index (χ4n) is 2.87. The van der Waals surface area contributed by atoms with E-state index in [0.717, 1.165) is 11.1 Å². The molecule has 0 bridgehead atoms. The third-order valence-corrected chi connectivity index (χ3v) is 4.81. The standard InChI is InChI=1S/C16H16N2O.C13H16N2O3.3C2H6.CH4/c1-12-7-6-8-14(11-12)16(17-3)19-13(2)15-9-4-5-10-18-15;1-13(2,3)12(18)15-10-6-4-5-9(7-10)14-11(17)8-16;3*1-2;/h4-11H,2H2,1,3H3;4-8H,1-3H3,(H,14,17)(H,15,18);3*1-2H3;1H4. The van der Waals surface area contributed by atoms with Gasteiger partial charge < -0.3 is 15.4 Å². The second kappa shape index (κ2) is 25.0. The Morgan fingerprint density at radius 3 is 1.91 bits per heavy atom. The van der Waals surface area contributed by atoms with Crippen LogP contribution < -0.4 is 10.6 Å². The van der Waals surface area contributed by atoms with Crippen LogP contribution in [0.25, 0.3) is 5.76 Å². The van der Waals surface area contributed by atoms with Crippen LogP contribution in [0.2, 0.25) is 0 Å². The normalized spacial score (nSPS) is 9.57. The zero-order valence-electron chi connectivity index (χ0n) is 27.7. The van der Waals surface area contributed by atoms with Gasteiger partial charge in [-0.1, -0.05) is 106 Å². The van der Waals surface area contributed by atoms with E-state index in [9.17, 15) is 14.4 Å². The Hall–Kier alpha value is -4.59. The minimum atomic E-state index is -0.728. The fourth-order valence-corrected chi connectivity index (χ4v) is 2.87. The predicted octanol–water partition coefficient (Wildman–Crippen LogP) is 8.98. The minimum Gasteiger partial charge on any atom is -0.437 e. The SMILES string of the molecule is C.C=C(OC(=NC)c1cccc(C)c1)c1ccccn1.CC.CC.CC.CC(C)(C)C(=O)Nc1cccc(NC(=O)C=O)c1. The molecular weight excluding hydrogens is 552 g/mol. The Morgan fingerprint density at radius 2 is 1.43 bits per heavy atom. The Kier molecular flexibility index (Phi) is 24.9. The molecule has 1 heterocycles. The lowest BCUT2D eigenvalue weighted by molar-refractivity contribution is -0.127. The first-order valence-electron chi connectivity index (χ1n) is 14.5. The average molecular weight is 607 g/mol. The lowest BCUT2D eigenvalue weighted by Gasteiger charge is -2.18. The number of aryl methyl sites for hydroxylation is 1. The van der Waals surface area contributed by atoms with Gasteiger partial charge in [-0.05, 0) is 49.4 Å². The molecule has 0 spiro atoms. The molecule has 0 aliphatic heterocycles. The van der Waals surface area contributed by atoms with Crippen molar-refractivity contribution < 1.29 is 19.1 Å². The quantitative estimate of drug-likeness (QED) is 0.0957. The van der Waals surface area contributed by atoms with Gasteiger partial charge in [0.05, 0.1) is 0 Å². The number of nitrogens with one attached hydrogen (secondary N) is 2. The molecule has 1 aromatic heterocycles. The van der Waals surface area contributed by atoms with Crippen LogP contribution in [0.3, 0.4) is 0 Å². The molecule has 8 nitrogen and oxygen atoms in total. The predicted molar refractivity (Wildman–Crippen MR) is 188 cm³/mol. The van der Waals surface area contributed by atoms with Crippen LogP contribution in [0, 0.1) is 12.3 Å². The molecule has 0 saturated carbocycles. The van der Waals surface area contributed by atoms with E-state index < -0.39 is 11.3 Å². The van der Waals surface area contributed by atoms with Gasteiger partial charge in [0.1, 0.15) is 11.5 Å². The van der Waals surface area contributed by atoms with Crippen molar-refractivity contribution >= 4 is 41.1 Å². The van der Waals surface area contributed by atoms with E-state index in [1.807, 2.05) is 90.9 Å². The van der Waals surface area contributed by atoms with Crippen LogP contribution in [0.15, 0.2) is 84.5 Å². The molecule has 44 heavy (non-hydrogen) atoms. The summed E-state index contributed by atoms with van der Waals surface area (Å²) in [6.07, 6.45) is 1.90. The smallest absolute Gasteiger partial charge is 0.288 e. The van der Waals surface area contributed by atoms with Crippen molar-refractivity contribution in [2.24, 2.45) is 10.4 Å². The number of aromatic nitrogens is 1. The molecule has 2 amide bonds. The molecule has 0 atom stereocenters. The van der Waals surface area contributed by atoms with Crippen molar-refractivity contribution in [2.75, 3.05) is 17.7 Å². The molecule has 0 aliphatic rings. The van der Waals surface area contributed by atoms with Crippen LogP contribution in [0.1, 0.15) is 86.6 Å². The van der Waals surface area contributed by atoms with Gasteiger partial charge in [-0.2, -0.15) is 0 Å². The molecule has 0 aliphatic carbocycles. The van der Waals surface area contributed by atoms with E-state index in [1.165, 1.54) is 0 Å². The summed E-state index contributed by atoms with van der Waals surface area (Å²) in [7, 11) is 1.70. The summed E-state index contributed by atoms with van der Waals surface area (Å²) >= 11 is 0. The van der Waals surface area contributed by atoms with Crippen molar-refractivity contribution in [1.82, 2.24) is 4.98 Å². The van der Waals surface area contributed by atoms with Gasteiger partial charge in [0.2, 0.25) is 18.1 Å². The third kappa shape index (κ3) is 17.4. The second-order valence-electron chi connectivity index (χ2n) is 9.03. The van der Waals surface area contributed by atoms with E-state index >= 15 is 0 Å². The summed E-state index contributed by atoms with van der Waals surface area (Å²) in [6.45, 7) is 23.3. The number of hydrogen-bond donors (Lipinski definition) is 2. The molecule has 2 aromatic carbocycles. The number of carbonyl (C=O) groups is 3. The van der Waals surface area contributed by atoms with Crippen LogP contribution in [0.4, 0.5) is 11.4 Å². The number of hydrogen-bond acceptors (Lipinski definition) is 6. The topological polar surface area (TPSA) is 110 Å². The van der Waals surface area contributed by atoms with E-state index in [-0.39, 0.29) is 19.6 Å². The van der Waals surface area contributed by atoms with Crippen molar-refractivity contribution in [1.29, 1.82) is 0 Å². The highest BCUT2D eigenvalue weighted by Crippen LogP contribution is 2.20. The summed E-state index contributed by atoms with van der Waals surface area (Å²) in [6, 6.07) is 20.2. The summed E-state index contributed by atoms with van der Waals surface area (Å²) in [5.74, 6) is 0.178. The fraction of sp³-hybridized carbons (Fsp3) is 0.361. The van der Waals surface area contributed by atoms with Gasteiger partial charge in [0.15, 0.2) is 0 Å². The number of ether oxygens (including phenoxy) is 1. The zero-order valence-corrected chi connectivity index (χ0v) is 27.7. The van der Waals surface area contributed by atoms with Crippen molar-refractivity contribution in [2.45, 2.75) is 76.7 Å². The largest absolute Gasteiger partial charge is 0.437 e. The maximum atomic E-state index is 11.8. The maximum absolute atomic E-state index is 11.8. The summed E-state index contributed by atoms with van der Waals surface area (Å²) < 4.78 is 5.72. The number of benzene rings is 2. The summed E-state index contributed by atoms with van der Waals surface area (Å²) in [5, 5.41) is 5.12. The number of anilines is 2. The Morgan fingerprint density at radius 1 is 0.864 bits per heavy atom. The molecule has 0 radical (unpaired) electrons. The zero-order chi connectivity index (χ0) is 33.4. The van der Waals surface area contributed by atoms with Crippen LogP contribution >= 0.6 is 0 Å². The van der Waals surface area contributed by atoms with Gasteiger partial charge in [0, 0.05) is 35.6 Å². The molecule has 2 N–H and O–H groups in total. The molecule has 3 aromatic rings. The number of nitrogens with zero attached hydrogens (tertiary/aromatic N) is 2. The van der Waals surface area contributed by atoms with Crippen molar-refractivity contribution in [3.05, 3.63) is 96.3 Å². The second-order valence-corrected chi connectivity index (χ2v) is 9.03. The number of pyridine rings is 1. The monoisotopic (exact) mass is 606 g/mol. The molecule has 8 heteroatoms. The molecular formula is C36H54N4O4. The first-order chi connectivity index (χ1) is 20.5. The number of amides is 2. The van der Waals surface area contributed by atoms with Crippen molar-refractivity contribution in [3.63, 3.8) is 0 Å². The van der Waals surface area contributed by atoms with Gasteiger partial charge in [-0.15, -0.1) is 0 Å². The number of aldehydes is 1. The highest BCUT2D eigenvalue weighted by atomic mass is 16.5. The van der Waals surface area contributed by atoms with E-state index in [1.54, 1.807) is 58.3 Å². The first kappa shape index (κ1) is 43.9. The lowest BCUT2D eigenvalue weighted by atomic mass is 9.95. The summed E-state index contributed by atoms with van der Waals surface area (Å²) in [5.41, 5.74) is 3.32. The van der Waals surface area contributed by atoms with E-state index in [0.29, 0.717) is 28.7 Å². The van der Waals surface area contributed by atoms with Gasteiger partial charge >= 0.3 is 0 Å². The third-order valence-electron chi connectivity index (χ3n) is 4.81. The molecule has 3 rings (SSSR count). The highest BCUT2D eigenvalue weighted by Gasteiger charge is 2.21. The van der Waals surface area contributed by atoms with Gasteiger partial charge in [-0.3, -0.25) is 24.4 Å². The Bertz CT molecular complexity index is 1280. The van der Waals surface area contributed by atoms with E-state index in [2.05, 4.69) is 27.2 Å². The first-order valence-corrected chi connectivity index (χ1v) is 14.5. The van der Waals surface area contributed by atoms with E-state index in [4.69, 9.17) is 4.74 Å². The maximum Gasteiger partial charge on any atom is 0.288 e. The van der Waals surface area contributed by atoms with Crippen LogP contribution in [0.5, 0.6) is 0 Å². The van der Waals surface area contributed by atoms with Crippen molar-refractivity contribution in [3.8, 4) is 0 Å². The number of rotatable bonds is 6. The molecule has 0 saturated heterocycles. The van der Waals surface area contributed by atoms with Gasteiger partial charge in [-0.25, -0.2) is 0 Å². The Labute approximate surface area is 266 Å². The number of carbonyl (C=O) groups excluding carboxylic acids is 3. The minimum absolute atomic E-state index is 0. The summed E-state index contributed by atoms with van der Waals surface area (Å²) in [4.78, 5) is 41.3. The number of aliphatic imine (C=N–C) groups is 1. The lowest BCUT2D eigenvalue weighted by Crippen LogP contribution is -2.27. The molecule has 0 fully saturated rings. The molecule has 242 valence electrons. The molecule has 0 unspecified atom stereocenters.